The molecule has 5 bridgehead atoms. The van der Waals surface area contributed by atoms with Gasteiger partial charge < -0.3 is 29.7 Å². The van der Waals surface area contributed by atoms with E-state index in [0.29, 0.717) is 6.42 Å². The molecule has 10 nitrogen and oxygen atoms in total. The number of amides is 3. The zero-order chi connectivity index (χ0) is 30.0. The van der Waals surface area contributed by atoms with Crippen molar-refractivity contribution >= 4 is 23.7 Å². The maximum atomic E-state index is 14.5. The molecule has 4 aliphatic rings. The third-order valence-electron chi connectivity index (χ3n) is 9.02. The molecular formula is C32H41N3O7. The lowest BCUT2D eigenvalue weighted by Crippen LogP contribution is -2.59. The van der Waals surface area contributed by atoms with Gasteiger partial charge >= 0.3 is 5.97 Å². The number of likely N-dealkylation sites (tertiary alicyclic amines) is 1. The molecule has 0 aliphatic carbocycles. The van der Waals surface area contributed by atoms with Crippen molar-refractivity contribution in [2.24, 2.45) is 11.8 Å². The summed E-state index contributed by atoms with van der Waals surface area (Å²) in [6.45, 7) is 5.61. The van der Waals surface area contributed by atoms with E-state index in [1.807, 2.05) is 56.3 Å². The first-order valence-corrected chi connectivity index (χ1v) is 15.0. The normalized spacial score (nSPS) is 33.8. The van der Waals surface area contributed by atoms with E-state index in [-0.39, 0.29) is 50.0 Å². The summed E-state index contributed by atoms with van der Waals surface area (Å²) in [6, 6.07) is 6.75. The van der Waals surface area contributed by atoms with Gasteiger partial charge in [-0.25, -0.2) is 0 Å². The molecule has 3 amide bonds. The number of aliphatic hydroxyl groups is 1. The monoisotopic (exact) mass is 579 g/mol. The van der Waals surface area contributed by atoms with Gasteiger partial charge in [-0.15, -0.1) is 0 Å². The van der Waals surface area contributed by atoms with Crippen LogP contribution in [0.5, 0.6) is 0 Å². The van der Waals surface area contributed by atoms with Gasteiger partial charge in [0.05, 0.1) is 36.6 Å². The maximum absolute atomic E-state index is 14.5. The third kappa shape index (κ3) is 5.26. The van der Waals surface area contributed by atoms with Crippen molar-refractivity contribution in [3.05, 3.63) is 60.2 Å². The number of carbonyl (C=O) groups is 4. The highest BCUT2D eigenvalue weighted by molar-refractivity contribution is 6.00. The molecule has 42 heavy (non-hydrogen) atoms. The number of benzene rings is 1. The molecule has 2 N–H and O–H groups in total. The molecule has 2 fully saturated rings. The fourth-order valence-electron chi connectivity index (χ4n) is 6.90. The molecule has 1 spiro atoms. The molecule has 0 radical (unpaired) electrons. The number of allylic oxidation sites excluding steroid dienone is 1. The maximum Gasteiger partial charge on any atom is 0.306 e. The minimum atomic E-state index is -1.33. The Balaban J connectivity index is 1.57. The molecule has 2 saturated heterocycles. The zero-order valence-electron chi connectivity index (χ0n) is 24.5. The number of hydrogen-bond acceptors (Lipinski definition) is 7. The molecule has 8 atom stereocenters. The summed E-state index contributed by atoms with van der Waals surface area (Å²) in [5.41, 5.74) is -0.575. The summed E-state index contributed by atoms with van der Waals surface area (Å²) in [7, 11) is 0. The van der Waals surface area contributed by atoms with Crippen molar-refractivity contribution in [1.29, 1.82) is 0 Å². The molecule has 1 aromatic rings. The molecule has 1 unspecified atom stereocenters. The number of nitrogens with zero attached hydrogens (tertiary/aromatic N) is 2. The first-order chi connectivity index (χ1) is 20.2. The van der Waals surface area contributed by atoms with E-state index in [1.165, 1.54) is 4.90 Å². The highest BCUT2D eigenvalue weighted by Crippen LogP contribution is 2.56. The van der Waals surface area contributed by atoms with Crippen LogP contribution < -0.4 is 5.32 Å². The predicted molar refractivity (Wildman–Crippen MR) is 154 cm³/mol. The van der Waals surface area contributed by atoms with E-state index in [2.05, 4.69) is 5.32 Å². The standard InChI is InChI=1S/C32H41N3O7/c1-4-11-20(2)34-17-10-6-9-14-25(37)41-19-23(22-12-7-5-8-13-22)33-29(38)26-24-15-16-32(42-24)27(26)30(39)35(21(3)18-36)28(32)31(34)40/h5-8,10,12-13,15-16,20-21,23-24,26-28,36H,4,9,11,14,17-19H2,1-3H3,(H,33,38)/b10-6-/t20?,21-,23+,24+,26-,27-,28+,32-/m1/s1. The number of rotatable bonds is 6. The minimum absolute atomic E-state index is 0.0623. The molecule has 1 aromatic carbocycles. The van der Waals surface area contributed by atoms with E-state index in [1.54, 1.807) is 24.0 Å². The number of ether oxygens (including phenoxy) is 2. The Labute approximate surface area is 246 Å². The van der Waals surface area contributed by atoms with Gasteiger partial charge in [0, 0.05) is 19.0 Å². The molecule has 0 saturated carbocycles. The number of aliphatic hydroxyl groups excluding tert-OH is 1. The first kappa shape index (κ1) is 30.0. The highest BCUT2D eigenvalue weighted by atomic mass is 16.5. The SMILES string of the molecule is CCCC(C)N1C/C=C\CCC(=O)OC[C@@H](c2ccccc2)NC(=O)[C@@H]2[C@@H]3C=C[C@]4(O3)[C@H](C1=O)N([C@H](C)CO)C(=O)[C@@H]24. The number of nitrogens with one attached hydrogen (secondary N) is 1. The van der Waals surface area contributed by atoms with Crippen LogP contribution in [0.2, 0.25) is 0 Å². The van der Waals surface area contributed by atoms with Gasteiger partial charge in [0.2, 0.25) is 17.7 Å². The lowest BCUT2D eigenvalue weighted by atomic mass is 9.74. The van der Waals surface area contributed by atoms with E-state index in [4.69, 9.17) is 9.47 Å². The second kappa shape index (κ2) is 12.4. The van der Waals surface area contributed by atoms with E-state index in [9.17, 15) is 24.3 Å². The fourth-order valence-corrected chi connectivity index (χ4v) is 6.90. The molecule has 0 aromatic heterocycles. The zero-order valence-corrected chi connectivity index (χ0v) is 24.5. The Morgan fingerprint density at radius 1 is 1.07 bits per heavy atom. The summed E-state index contributed by atoms with van der Waals surface area (Å²) in [4.78, 5) is 58.4. The van der Waals surface area contributed by atoms with Crippen LogP contribution in [0.4, 0.5) is 0 Å². The lowest BCUT2D eigenvalue weighted by Gasteiger charge is -2.39. The Hall–Kier alpha value is -3.50. The molecule has 226 valence electrons. The number of carbonyl (C=O) groups excluding carboxylic acids is 4. The Morgan fingerprint density at radius 2 is 1.83 bits per heavy atom. The van der Waals surface area contributed by atoms with Crippen LogP contribution in [0.25, 0.3) is 0 Å². The van der Waals surface area contributed by atoms with Crippen molar-refractivity contribution in [2.45, 2.75) is 82.3 Å². The van der Waals surface area contributed by atoms with Gasteiger partial charge in [-0.1, -0.05) is 68.0 Å². The van der Waals surface area contributed by atoms with Crippen molar-refractivity contribution in [3.63, 3.8) is 0 Å². The predicted octanol–water partition coefficient (Wildman–Crippen LogP) is 2.29. The van der Waals surface area contributed by atoms with Gasteiger partial charge in [0.25, 0.3) is 0 Å². The quantitative estimate of drug-likeness (QED) is 0.391. The van der Waals surface area contributed by atoms with Crippen LogP contribution in [0, 0.1) is 11.8 Å². The third-order valence-corrected chi connectivity index (χ3v) is 9.02. The van der Waals surface area contributed by atoms with E-state index < -0.39 is 47.6 Å². The van der Waals surface area contributed by atoms with E-state index >= 15 is 0 Å². The smallest absolute Gasteiger partial charge is 0.306 e. The summed E-state index contributed by atoms with van der Waals surface area (Å²) < 4.78 is 12.0. The van der Waals surface area contributed by atoms with Crippen LogP contribution in [0.3, 0.4) is 0 Å². The van der Waals surface area contributed by atoms with E-state index in [0.717, 1.165) is 18.4 Å². The van der Waals surface area contributed by atoms with Gasteiger partial charge in [0.1, 0.15) is 18.2 Å². The molecule has 5 rings (SSSR count). The largest absolute Gasteiger partial charge is 0.463 e. The molecular weight excluding hydrogens is 538 g/mol. The van der Waals surface area contributed by atoms with Crippen LogP contribution >= 0.6 is 0 Å². The van der Waals surface area contributed by atoms with Crippen LogP contribution in [-0.4, -0.2) is 88.2 Å². The first-order valence-electron chi connectivity index (χ1n) is 15.0. The second-order valence-electron chi connectivity index (χ2n) is 11.8. The number of fused-ring (bicyclic) bond motifs is 2. The topological polar surface area (TPSA) is 125 Å². The Bertz CT molecular complexity index is 1250. The van der Waals surface area contributed by atoms with Gasteiger partial charge in [-0.05, 0) is 32.3 Å². The highest BCUT2D eigenvalue weighted by Gasteiger charge is 2.73. The van der Waals surface area contributed by atoms with Gasteiger partial charge in [-0.3, -0.25) is 19.2 Å². The van der Waals surface area contributed by atoms with Crippen LogP contribution in [-0.2, 0) is 28.7 Å². The summed E-state index contributed by atoms with van der Waals surface area (Å²) in [5, 5.41) is 13.2. The molecule has 4 aliphatic heterocycles. The van der Waals surface area contributed by atoms with Gasteiger partial charge in [0.15, 0.2) is 0 Å². The Kier molecular flexibility index (Phi) is 8.84. The number of esters is 1. The molecule has 4 heterocycles. The van der Waals surface area contributed by atoms with Crippen molar-refractivity contribution < 1.29 is 33.8 Å². The molecule has 10 heteroatoms. The number of cyclic esters (lactones) is 1. The van der Waals surface area contributed by atoms with Gasteiger partial charge in [-0.2, -0.15) is 0 Å². The van der Waals surface area contributed by atoms with Crippen molar-refractivity contribution in [1.82, 2.24) is 15.1 Å². The lowest BCUT2D eigenvalue weighted by molar-refractivity contribution is -0.151. The Morgan fingerprint density at radius 3 is 2.55 bits per heavy atom. The average Bonchev–Trinajstić information content (AvgIpc) is 3.63. The van der Waals surface area contributed by atoms with Crippen LogP contribution in [0.1, 0.15) is 58.1 Å². The number of hydrogen-bond donors (Lipinski definition) is 2. The summed E-state index contributed by atoms with van der Waals surface area (Å²) >= 11 is 0. The summed E-state index contributed by atoms with van der Waals surface area (Å²) in [6.07, 6.45) is 8.79. The van der Waals surface area contributed by atoms with Crippen molar-refractivity contribution in [3.8, 4) is 0 Å². The minimum Gasteiger partial charge on any atom is -0.463 e. The summed E-state index contributed by atoms with van der Waals surface area (Å²) in [5.74, 6) is -3.31. The second-order valence-corrected chi connectivity index (χ2v) is 11.8. The average molecular weight is 580 g/mol. The van der Waals surface area contributed by atoms with Crippen LogP contribution in [0.15, 0.2) is 54.6 Å². The fraction of sp³-hybridized carbons (Fsp3) is 0.562. The van der Waals surface area contributed by atoms with Crippen molar-refractivity contribution in [2.75, 3.05) is 19.8 Å².